The Morgan fingerprint density at radius 3 is 2.08 bits per heavy atom. The average Bonchev–Trinajstić information content (AvgIpc) is 3.17. The molecule has 5 rings (SSSR count). The van der Waals surface area contributed by atoms with Crippen molar-refractivity contribution in [2.45, 2.75) is 21.6 Å². The molecule has 0 aliphatic carbocycles. The van der Waals surface area contributed by atoms with Gasteiger partial charge in [0.2, 0.25) is 0 Å². The number of carbonyl (C=O) groups is 1. The third kappa shape index (κ3) is 4.93. The van der Waals surface area contributed by atoms with Gasteiger partial charge in [-0.05, 0) is 29.8 Å². The molecule has 0 radical (unpaired) electrons. The Morgan fingerprint density at radius 2 is 1.44 bits per heavy atom. The molecule has 2 aliphatic heterocycles. The molecule has 190 valence electrons. The minimum Gasteiger partial charge on any atom is -0.336 e. The minimum atomic E-state index is -4.01. The lowest BCUT2D eigenvalue weighted by Crippen LogP contribution is -2.48. The van der Waals surface area contributed by atoms with E-state index in [1.165, 1.54) is 29.8 Å². The van der Waals surface area contributed by atoms with Crippen LogP contribution in [-0.2, 0) is 26.2 Å². The Labute approximate surface area is 218 Å². The van der Waals surface area contributed by atoms with Gasteiger partial charge in [-0.2, -0.15) is 0 Å². The number of hydrogen-bond acceptors (Lipinski definition) is 6. The summed E-state index contributed by atoms with van der Waals surface area (Å²) in [6, 6.07) is 22.4. The van der Waals surface area contributed by atoms with Gasteiger partial charge in [-0.25, -0.2) is 16.8 Å². The SMILES string of the molecule is Cl.O=C(c1cccc2c1C(S(=O)(=O)c1ccccc1)CS2(=O)=O)N1CCN(Cc2ccccc2)CC1. The predicted molar refractivity (Wildman–Crippen MR) is 140 cm³/mol. The maximum Gasteiger partial charge on any atom is 0.254 e. The molecule has 0 saturated carbocycles. The molecule has 1 amide bonds. The molecule has 0 N–H and O–H groups in total. The Bertz CT molecular complexity index is 1450. The molecule has 7 nitrogen and oxygen atoms in total. The molecule has 0 aromatic heterocycles. The van der Waals surface area contributed by atoms with Crippen molar-refractivity contribution in [3.8, 4) is 0 Å². The summed E-state index contributed by atoms with van der Waals surface area (Å²) in [6.07, 6.45) is 0. The van der Waals surface area contributed by atoms with E-state index < -0.39 is 30.7 Å². The molecule has 0 spiro atoms. The van der Waals surface area contributed by atoms with Crippen LogP contribution in [0.25, 0.3) is 0 Å². The van der Waals surface area contributed by atoms with E-state index in [2.05, 4.69) is 17.0 Å². The zero-order valence-electron chi connectivity index (χ0n) is 19.5. The number of fused-ring (bicyclic) bond motifs is 1. The Hall–Kier alpha value is -2.72. The summed E-state index contributed by atoms with van der Waals surface area (Å²) in [5.74, 6) is -0.888. The smallest absolute Gasteiger partial charge is 0.254 e. The van der Waals surface area contributed by atoms with Gasteiger partial charge in [0.05, 0.1) is 15.5 Å². The largest absolute Gasteiger partial charge is 0.336 e. The molecular formula is C26H27ClN2O5S2. The van der Waals surface area contributed by atoms with Crippen molar-refractivity contribution in [3.05, 3.63) is 95.6 Å². The first-order chi connectivity index (χ1) is 16.8. The van der Waals surface area contributed by atoms with E-state index in [1.54, 1.807) is 29.2 Å². The van der Waals surface area contributed by atoms with Gasteiger partial charge in [0.15, 0.2) is 19.7 Å². The Kier molecular flexibility index (Phi) is 7.56. The van der Waals surface area contributed by atoms with Gasteiger partial charge in [0.1, 0.15) is 5.25 Å². The van der Waals surface area contributed by atoms with Crippen molar-refractivity contribution in [1.29, 1.82) is 0 Å². The molecule has 10 heteroatoms. The van der Waals surface area contributed by atoms with Crippen LogP contribution in [0.2, 0.25) is 0 Å². The molecule has 1 unspecified atom stereocenters. The first-order valence-electron chi connectivity index (χ1n) is 11.5. The number of halogens is 1. The molecule has 3 aromatic rings. The van der Waals surface area contributed by atoms with Crippen LogP contribution in [0.5, 0.6) is 0 Å². The molecule has 1 atom stereocenters. The van der Waals surface area contributed by atoms with E-state index in [1.807, 2.05) is 18.2 Å². The van der Waals surface area contributed by atoms with Crippen LogP contribution in [-0.4, -0.2) is 64.5 Å². The van der Waals surface area contributed by atoms with Gasteiger partial charge in [0, 0.05) is 43.9 Å². The molecule has 1 fully saturated rings. The normalized spacial score (nSPS) is 19.3. The fraction of sp³-hybridized carbons (Fsp3) is 0.269. The Balaban J connectivity index is 0.00000304. The number of sulfone groups is 2. The lowest BCUT2D eigenvalue weighted by Gasteiger charge is -2.35. The molecule has 1 saturated heterocycles. The van der Waals surface area contributed by atoms with Crippen molar-refractivity contribution in [3.63, 3.8) is 0 Å². The zero-order chi connectivity index (χ0) is 24.6. The number of rotatable bonds is 5. The number of amides is 1. The highest BCUT2D eigenvalue weighted by Crippen LogP contribution is 2.43. The summed E-state index contributed by atoms with van der Waals surface area (Å²) in [6.45, 7) is 3.12. The topological polar surface area (TPSA) is 91.8 Å². The fourth-order valence-electron chi connectivity index (χ4n) is 4.85. The summed E-state index contributed by atoms with van der Waals surface area (Å²) in [5, 5.41) is -1.32. The second kappa shape index (κ2) is 10.3. The van der Waals surface area contributed by atoms with Gasteiger partial charge in [-0.15, -0.1) is 12.4 Å². The monoisotopic (exact) mass is 546 g/mol. The number of carbonyl (C=O) groups excluding carboxylic acids is 1. The standard InChI is InChI=1S/C26H26N2O5S2.ClH/c29-26(28-16-14-27(15-17-28)18-20-8-3-1-4-9-20)22-12-7-13-23-25(22)24(19-34(23,30)31)35(32,33)21-10-5-2-6-11-21;/h1-13,24H,14-19H2;1H. The van der Waals surface area contributed by atoms with Gasteiger partial charge in [-0.3, -0.25) is 9.69 Å². The predicted octanol–water partition coefficient (Wildman–Crippen LogP) is 3.37. The third-order valence-corrected chi connectivity index (χ3v) is 10.8. The van der Waals surface area contributed by atoms with Crippen LogP contribution in [0.3, 0.4) is 0 Å². The number of piperazine rings is 1. The van der Waals surface area contributed by atoms with E-state index in [-0.39, 0.29) is 39.2 Å². The molecular weight excluding hydrogens is 520 g/mol. The van der Waals surface area contributed by atoms with Crippen molar-refractivity contribution in [2.75, 3.05) is 31.9 Å². The van der Waals surface area contributed by atoms with Gasteiger partial charge in [-0.1, -0.05) is 54.6 Å². The van der Waals surface area contributed by atoms with Crippen molar-refractivity contribution < 1.29 is 21.6 Å². The van der Waals surface area contributed by atoms with Gasteiger partial charge in [0.25, 0.3) is 5.91 Å². The maximum atomic E-state index is 13.6. The molecule has 3 aromatic carbocycles. The second-order valence-corrected chi connectivity index (χ2v) is 13.0. The quantitative estimate of drug-likeness (QED) is 0.487. The van der Waals surface area contributed by atoms with Crippen LogP contribution in [0.4, 0.5) is 0 Å². The summed E-state index contributed by atoms with van der Waals surface area (Å²) >= 11 is 0. The summed E-state index contributed by atoms with van der Waals surface area (Å²) in [5.41, 5.74) is 1.46. The van der Waals surface area contributed by atoms with E-state index in [9.17, 15) is 21.6 Å². The molecule has 36 heavy (non-hydrogen) atoms. The maximum absolute atomic E-state index is 13.6. The van der Waals surface area contributed by atoms with Crippen LogP contribution in [0.1, 0.15) is 26.7 Å². The molecule has 2 heterocycles. The van der Waals surface area contributed by atoms with Crippen LogP contribution in [0.15, 0.2) is 88.7 Å². The highest BCUT2D eigenvalue weighted by molar-refractivity contribution is 7.96. The Morgan fingerprint density at radius 1 is 0.833 bits per heavy atom. The van der Waals surface area contributed by atoms with Crippen LogP contribution < -0.4 is 0 Å². The third-order valence-electron chi connectivity index (χ3n) is 6.68. The van der Waals surface area contributed by atoms with Crippen LogP contribution >= 0.6 is 12.4 Å². The lowest BCUT2D eigenvalue weighted by atomic mass is 10.0. The fourth-order valence-corrected chi connectivity index (χ4v) is 9.22. The van der Waals surface area contributed by atoms with Crippen molar-refractivity contribution >= 4 is 38.0 Å². The zero-order valence-corrected chi connectivity index (χ0v) is 21.9. The second-order valence-electron chi connectivity index (χ2n) is 8.90. The van der Waals surface area contributed by atoms with E-state index in [0.717, 1.165) is 6.54 Å². The van der Waals surface area contributed by atoms with Crippen molar-refractivity contribution in [1.82, 2.24) is 9.80 Å². The van der Waals surface area contributed by atoms with Crippen molar-refractivity contribution in [2.24, 2.45) is 0 Å². The summed E-state index contributed by atoms with van der Waals surface area (Å²) < 4.78 is 52.7. The van der Waals surface area contributed by atoms with E-state index in [0.29, 0.717) is 26.2 Å². The first-order valence-corrected chi connectivity index (χ1v) is 14.7. The number of nitrogens with zero attached hydrogens (tertiary/aromatic N) is 2. The van der Waals surface area contributed by atoms with Gasteiger partial charge >= 0.3 is 0 Å². The number of hydrogen-bond donors (Lipinski definition) is 0. The molecule has 0 bridgehead atoms. The first kappa shape index (κ1) is 26.3. The summed E-state index contributed by atoms with van der Waals surface area (Å²) in [7, 11) is -7.85. The lowest BCUT2D eigenvalue weighted by molar-refractivity contribution is 0.0627. The highest BCUT2D eigenvalue weighted by atomic mass is 35.5. The highest BCUT2D eigenvalue weighted by Gasteiger charge is 2.45. The van der Waals surface area contributed by atoms with E-state index in [4.69, 9.17) is 0 Å². The average molecular weight is 547 g/mol. The number of benzene rings is 3. The molecule has 2 aliphatic rings. The van der Waals surface area contributed by atoms with Crippen LogP contribution in [0, 0.1) is 0 Å². The minimum absolute atomic E-state index is 0. The van der Waals surface area contributed by atoms with E-state index >= 15 is 0 Å². The van der Waals surface area contributed by atoms with Gasteiger partial charge < -0.3 is 4.90 Å². The summed E-state index contributed by atoms with van der Waals surface area (Å²) in [4.78, 5) is 17.5.